The van der Waals surface area contributed by atoms with Crippen molar-refractivity contribution in [2.75, 3.05) is 5.94 Å². The fourth-order valence-electron chi connectivity index (χ4n) is 2.07. The van der Waals surface area contributed by atoms with Gasteiger partial charge in [-0.2, -0.15) is 0 Å². The molecule has 5 nitrogen and oxygen atoms in total. The lowest BCUT2D eigenvalue weighted by Crippen LogP contribution is -2.08. The zero-order chi connectivity index (χ0) is 13.8. The topological polar surface area (TPSA) is 66.0 Å². The first-order valence-electron chi connectivity index (χ1n) is 6.77. The molecule has 0 spiro atoms. The van der Waals surface area contributed by atoms with Gasteiger partial charge in [0.25, 0.3) is 0 Å². The number of benzene rings is 1. The van der Waals surface area contributed by atoms with E-state index in [2.05, 4.69) is 26.9 Å². The lowest BCUT2D eigenvalue weighted by Gasteiger charge is -2.07. The van der Waals surface area contributed by atoms with Gasteiger partial charge in [0.15, 0.2) is 5.16 Å². The minimum atomic E-state index is 0.439. The maximum atomic E-state index is 5.70. The van der Waals surface area contributed by atoms with E-state index in [4.69, 9.17) is 10.5 Å². The molecule has 0 bridgehead atoms. The van der Waals surface area contributed by atoms with Crippen LogP contribution in [0.25, 0.3) is 0 Å². The Morgan fingerprint density at radius 3 is 2.75 bits per heavy atom. The van der Waals surface area contributed by atoms with Crippen molar-refractivity contribution in [1.29, 1.82) is 0 Å². The van der Waals surface area contributed by atoms with Crippen LogP contribution in [-0.4, -0.2) is 20.7 Å². The van der Waals surface area contributed by atoms with Crippen LogP contribution in [0.4, 0.5) is 0 Å². The molecule has 0 unspecified atom stereocenters. The summed E-state index contributed by atoms with van der Waals surface area (Å²) in [6.07, 6.45) is 2.40. The van der Waals surface area contributed by atoms with Gasteiger partial charge >= 0.3 is 0 Å². The summed E-state index contributed by atoms with van der Waals surface area (Å²) in [5.41, 5.74) is 6.88. The van der Waals surface area contributed by atoms with E-state index in [0.717, 1.165) is 11.0 Å². The lowest BCUT2D eigenvalue weighted by atomic mass is 10.2. The van der Waals surface area contributed by atoms with Gasteiger partial charge in [-0.05, 0) is 18.4 Å². The Balaban J connectivity index is 1.52. The van der Waals surface area contributed by atoms with E-state index in [0.29, 0.717) is 25.1 Å². The Morgan fingerprint density at radius 2 is 2.05 bits per heavy atom. The Bertz CT molecular complexity index is 554. The Kier molecular flexibility index (Phi) is 4.34. The highest BCUT2D eigenvalue weighted by Gasteiger charge is 2.29. The molecule has 1 aliphatic rings. The number of hydrogen-bond acceptors (Lipinski definition) is 5. The predicted molar refractivity (Wildman–Crippen MR) is 78.1 cm³/mol. The molecule has 1 aliphatic carbocycles. The van der Waals surface area contributed by atoms with E-state index < -0.39 is 0 Å². The second-order valence-corrected chi connectivity index (χ2v) is 5.69. The molecule has 1 heterocycles. The van der Waals surface area contributed by atoms with Gasteiger partial charge in [0.1, 0.15) is 11.8 Å². The summed E-state index contributed by atoms with van der Waals surface area (Å²) in [6.45, 7) is 1.06. The third-order valence-corrected chi connectivity index (χ3v) is 4.03. The number of hydrogen-bond donors (Lipinski definition) is 1. The van der Waals surface area contributed by atoms with E-state index in [9.17, 15) is 0 Å². The standard InChI is InChI=1S/C14H18N4OS/c15-8-13-16-17-14(18(13)12-6-7-12)20-10-19-9-11-4-2-1-3-5-11/h1-5,12H,6-10,15H2. The largest absolute Gasteiger partial charge is 0.366 e. The molecule has 2 aromatic rings. The van der Waals surface area contributed by atoms with Crippen molar-refractivity contribution in [2.45, 2.75) is 37.2 Å². The number of nitrogens with zero attached hydrogens (tertiary/aromatic N) is 3. The van der Waals surface area contributed by atoms with Gasteiger partial charge in [-0.3, -0.25) is 0 Å². The summed E-state index contributed by atoms with van der Waals surface area (Å²) in [5, 5.41) is 9.27. The minimum Gasteiger partial charge on any atom is -0.366 e. The zero-order valence-corrected chi connectivity index (χ0v) is 12.1. The molecule has 0 atom stereocenters. The maximum Gasteiger partial charge on any atom is 0.193 e. The van der Waals surface area contributed by atoms with Crippen LogP contribution in [0.5, 0.6) is 0 Å². The molecule has 2 N–H and O–H groups in total. The summed E-state index contributed by atoms with van der Waals surface area (Å²) >= 11 is 1.58. The van der Waals surface area contributed by atoms with Gasteiger partial charge in [-0.25, -0.2) is 0 Å². The summed E-state index contributed by atoms with van der Waals surface area (Å²) in [7, 11) is 0. The van der Waals surface area contributed by atoms with Crippen LogP contribution >= 0.6 is 11.8 Å². The smallest absolute Gasteiger partial charge is 0.193 e. The van der Waals surface area contributed by atoms with Crippen molar-refractivity contribution in [2.24, 2.45) is 5.73 Å². The highest BCUT2D eigenvalue weighted by Crippen LogP contribution is 2.38. The molecule has 1 saturated carbocycles. The molecule has 0 radical (unpaired) electrons. The average Bonchev–Trinajstić information content (AvgIpc) is 3.25. The molecule has 6 heteroatoms. The summed E-state index contributed by atoms with van der Waals surface area (Å²) < 4.78 is 7.84. The Labute approximate surface area is 122 Å². The fraction of sp³-hybridized carbons (Fsp3) is 0.429. The van der Waals surface area contributed by atoms with Crippen molar-refractivity contribution in [3.63, 3.8) is 0 Å². The van der Waals surface area contributed by atoms with Gasteiger partial charge < -0.3 is 15.0 Å². The third kappa shape index (κ3) is 3.20. The number of rotatable bonds is 7. The van der Waals surface area contributed by atoms with Crippen LogP contribution in [0, 0.1) is 0 Å². The van der Waals surface area contributed by atoms with Crippen molar-refractivity contribution < 1.29 is 4.74 Å². The van der Waals surface area contributed by atoms with Gasteiger partial charge in [0.05, 0.1) is 13.2 Å². The van der Waals surface area contributed by atoms with Gasteiger partial charge in [-0.15, -0.1) is 10.2 Å². The normalized spacial score (nSPS) is 14.7. The van der Waals surface area contributed by atoms with Gasteiger partial charge in [0.2, 0.25) is 0 Å². The molecule has 0 saturated heterocycles. The maximum absolute atomic E-state index is 5.70. The number of thioether (sulfide) groups is 1. The second kappa shape index (κ2) is 6.39. The quantitative estimate of drug-likeness (QED) is 0.481. The van der Waals surface area contributed by atoms with Gasteiger partial charge in [-0.1, -0.05) is 42.1 Å². The van der Waals surface area contributed by atoms with Crippen molar-refractivity contribution >= 4 is 11.8 Å². The van der Waals surface area contributed by atoms with Crippen LogP contribution in [0.2, 0.25) is 0 Å². The first-order chi connectivity index (χ1) is 9.88. The van der Waals surface area contributed by atoms with Crippen LogP contribution in [-0.2, 0) is 17.9 Å². The number of aromatic nitrogens is 3. The molecular weight excluding hydrogens is 272 g/mol. The summed E-state index contributed by atoms with van der Waals surface area (Å²) in [6, 6.07) is 10.7. The van der Waals surface area contributed by atoms with E-state index in [-0.39, 0.29) is 0 Å². The average molecular weight is 290 g/mol. The summed E-state index contributed by atoms with van der Waals surface area (Å²) in [4.78, 5) is 0. The molecule has 20 heavy (non-hydrogen) atoms. The highest BCUT2D eigenvalue weighted by atomic mass is 32.2. The lowest BCUT2D eigenvalue weighted by molar-refractivity contribution is 0.169. The highest BCUT2D eigenvalue weighted by molar-refractivity contribution is 7.99. The predicted octanol–water partition coefficient (Wildman–Crippen LogP) is 2.34. The fourth-order valence-corrected chi connectivity index (χ4v) is 2.84. The molecule has 0 aliphatic heterocycles. The first kappa shape index (κ1) is 13.6. The van der Waals surface area contributed by atoms with E-state index in [1.165, 1.54) is 18.4 Å². The second-order valence-electron chi connectivity index (χ2n) is 4.80. The molecule has 3 rings (SSSR count). The van der Waals surface area contributed by atoms with Crippen LogP contribution < -0.4 is 5.73 Å². The van der Waals surface area contributed by atoms with E-state index in [1.54, 1.807) is 11.8 Å². The van der Waals surface area contributed by atoms with Crippen LogP contribution in [0.3, 0.4) is 0 Å². The van der Waals surface area contributed by atoms with Gasteiger partial charge in [0, 0.05) is 6.04 Å². The minimum absolute atomic E-state index is 0.439. The Morgan fingerprint density at radius 1 is 1.25 bits per heavy atom. The SMILES string of the molecule is NCc1nnc(SCOCc2ccccc2)n1C1CC1. The van der Waals surface area contributed by atoms with Crippen LogP contribution in [0.15, 0.2) is 35.5 Å². The molecule has 0 amide bonds. The molecule has 106 valence electrons. The third-order valence-electron chi connectivity index (χ3n) is 3.21. The van der Waals surface area contributed by atoms with Crippen molar-refractivity contribution in [3.05, 3.63) is 41.7 Å². The van der Waals surface area contributed by atoms with Crippen LogP contribution in [0.1, 0.15) is 30.3 Å². The molecular formula is C14H18N4OS. The van der Waals surface area contributed by atoms with Crippen molar-refractivity contribution in [3.8, 4) is 0 Å². The number of ether oxygens (including phenoxy) is 1. The van der Waals surface area contributed by atoms with Crippen molar-refractivity contribution in [1.82, 2.24) is 14.8 Å². The Hall–Kier alpha value is -1.37. The first-order valence-corrected chi connectivity index (χ1v) is 7.75. The molecule has 1 fully saturated rings. The monoisotopic (exact) mass is 290 g/mol. The van der Waals surface area contributed by atoms with E-state index >= 15 is 0 Å². The number of nitrogens with two attached hydrogens (primary N) is 1. The van der Waals surface area contributed by atoms with E-state index in [1.807, 2.05) is 18.2 Å². The molecule has 1 aromatic carbocycles. The molecule has 1 aromatic heterocycles. The summed E-state index contributed by atoms with van der Waals surface area (Å²) in [5.74, 6) is 1.45. The zero-order valence-electron chi connectivity index (χ0n) is 11.2.